The van der Waals surface area contributed by atoms with Gasteiger partial charge in [-0.3, -0.25) is 4.79 Å². The number of nitrogens with one attached hydrogen (secondary N) is 1. The number of rotatable bonds is 1. The molecule has 3 heteroatoms. The van der Waals surface area contributed by atoms with E-state index in [-0.39, 0.29) is 17.4 Å². The van der Waals surface area contributed by atoms with E-state index in [1.54, 1.807) is 0 Å². The lowest BCUT2D eigenvalue weighted by Crippen LogP contribution is -2.36. The van der Waals surface area contributed by atoms with Crippen molar-refractivity contribution in [3.63, 3.8) is 0 Å². The van der Waals surface area contributed by atoms with Crippen LogP contribution in [0.1, 0.15) is 30.0 Å². The monoisotopic (exact) mass is 295 g/mol. The van der Waals surface area contributed by atoms with E-state index in [0.29, 0.717) is 6.42 Å². The summed E-state index contributed by atoms with van der Waals surface area (Å²) in [6, 6.07) is 19.1. The van der Waals surface area contributed by atoms with Crippen LogP contribution in [-0.2, 0) is 10.2 Å². The molecule has 2 heterocycles. The number of fused-ring (bicyclic) bond motifs is 2. The maximum atomic E-state index is 12.2. The summed E-state index contributed by atoms with van der Waals surface area (Å²) >= 11 is 1.91. The van der Waals surface area contributed by atoms with Gasteiger partial charge >= 0.3 is 0 Å². The van der Waals surface area contributed by atoms with Gasteiger partial charge in [0.1, 0.15) is 0 Å². The zero-order valence-electron chi connectivity index (χ0n) is 11.7. The lowest BCUT2D eigenvalue weighted by molar-refractivity contribution is -0.119. The molecule has 0 radical (unpaired) electrons. The predicted molar refractivity (Wildman–Crippen MR) is 85.4 cm³/mol. The number of carbonyl (C=O) groups is 1. The molecule has 21 heavy (non-hydrogen) atoms. The van der Waals surface area contributed by atoms with Gasteiger partial charge in [-0.15, -0.1) is 11.8 Å². The molecule has 2 aliphatic heterocycles. The normalized spacial score (nSPS) is 27.4. The number of carbonyl (C=O) groups excluding carboxylic acids is 1. The van der Waals surface area contributed by atoms with Crippen molar-refractivity contribution in [1.82, 2.24) is 5.32 Å². The van der Waals surface area contributed by atoms with Gasteiger partial charge in [-0.25, -0.2) is 0 Å². The fraction of sp³-hybridized carbons (Fsp3) is 0.278. The van der Waals surface area contributed by atoms with Crippen molar-refractivity contribution in [1.29, 1.82) is 0 Å². The molecule has 2 aromatic carbocycles. The summed E-state index contributed by atoms with van der Waals surface area (Å²) in [7, 11) is 0. The number of hydrogen-bond donors (Lipinski definition) is 1. The SMILES string of the molecule is O=C1CC2(CCSc3ccccc32)C(c2ccccc2)N1. The fourth-order valence-corrected chi connectivity index (χ4v) is 5.04. The molecule has 1 fully saturated rings. The zero-order valence-corrected chi connectivity index (χ0v) is 12.5. The van der Waals surface area contributed by atoms with Crippen LogP contribution in [0.25, 0.3) is 0 Å². The first kappa shape index (κ1) is 13.0. The van der Waals surface area contributed by atoms with Crippen LogP contribution in [0.4, 0.5) is 0 Å². The lowest BCUT2D eigenvalue weighted by atomic mass is 9.70. The van der Waals surface area contributed by atoms with Crippen LogP contribution in [0, 0.1) is 0 Å². The van der Waals surface area contributed by atoms with Crippen molar-refractivity contribution in [3.05, 3.63) is 65.7 Å². The molecule has 0 aliphatic carbocycles. The Kier molecular flexibility index (Phi) is 3.03. The number of amides is 1. The summed E-state index contributed by atoms with van der Waals surface area (Å²) < 4.78 is 0. The number of benzene rings is 2. The van der Waals surface area contributed by atoms with Gasteiger partial charge in [0.15, 0.2) is 0 Å². The van der Waals surface area contributed by atoms with Crippen LogP contribution < -0.4 is 5.32 Å². The van der Waals surface area contributed by atoms with Crippen LogP contribution in [0.15, 0.2) is 59.5 Å². The van der Waals surface area contributed by atoms with Crippen molar-refractivity contribution in [2.45, 2.75) is 29.2 Å². The van der Waals surface area contributed by atoms with E-state index in [9.17, 15) is 4.79 Å². The topological polar surface area (TPSA) is 29.1 Å². The van der Waals surface area contributed by atoms with Gasteiger partial charge in [0.25, 0.3) is 0 Å². The molecule has 2 nitrogen and oxygen atoms in total. The van der Waals surface area contributed by atoms with Gasteiger partial charge in [0, 0.05) is 16.7 Å². The minimum atomic E-state index is -0.0831. The Morgan fingerprint density at radius 2 is 1.81 bits per heavy atom. The van der Waals surface area contributed by atoms with E-state index in [0.717, 1.165) is 12.2 Å². The third-order valence-corrected chi connectivity index (χ3v) is 5.77. The molecule has 1 amide bonds. The highest BCUT2D eigenvalue weighted by atomic mass is 32.2. The van der Waals surface area contributed by atoms with Crippen LogP contribution >= 0.6 is 11.8 Å². The summed E-state index contributed by atoms with van der Waals surface area (Å²) in [5.74, 6) is 1.25. The molecule has 0 bridgehead atoms. The first-order valence-corrected chi connectivity index (χ1v) is 8.35. The molecule has 1 saturated heterocycles. The van der Waals surface area contributed by atoms with Crippen LogP contribution in [0.5, 0.6) is 0 Å². The van der Waals surface area contributed by atoms with Gasteiger partial charge in [0.2, 0.25) is 5.91 Å². The summed E-state index contributed by atoms with van der Waals surface area (Å²) in [6.07, 6.45) is 1.65. The molecule has 2 aromatic rings. The molecule has 2 unspecified atom stereocenters. The van der Waals surface area contributed by atoms with Crippen LogP contribution in [-0.4, -0.2) is 11.7 Å². The Morgan fingerprint density at radius 1 is 1.05 bits per heavy atom. The summed E-state index contributed by atoms with van der Waals surface area (Å²) in [5, 5.41) is 3.22. The van der Waals surface area contributed by atoms with E-state index in [4.69, 9.17) is 0 Å². The summed E-state index contributed by atoms with van der Waals surface area (Å²) in [4.78, 5) is 13.5. The summed E-state index contributed by atoms with van der Waals surface area (Å²) in [6.45, 7) is 0. The molecule has 0 saturated carbocycles. The Labute approximate surface area is 129 Å². The van der Waals surface area contributed by atoms with E-state index in [2.05, 4.69) is 53.8 Å². The molecule has 106 valence electrons. The smallest absolute Gasteiger partial charge is 0.221 e. The van der Waals surface area contributed by atoms with E-state index in [1.807, 2.05) is 17.8 Å². The van der Waals surface area contributed by atoms with Gasteiger partial charge < -0.3 is 5.32 Å². The van der Waals surface area contributed by atoms with E-state index >= 15 is 0 Å². The molecule has 0 aromatic heterocycles. The Bertz CT molecular complexity index is 685. The minimum Gasteiger partial charge on any atom is -0.348 e. The highest BCUT2D eigenvalue weighted by Gasteiger charge is 2.50. The molecule has 2 aliphatic rings. The zero-order chi connectivity index (χ0) is 14.3. The maximum Gasteiger partial charge on any atom is 0.221 e. The minimum absolute atomic E-state index is 0.0831. The van der Waals surface area contributed by atoms with Crippen molar-refractivity contribution in [2.24, 2.45) is 0 Å². The van der Waals surface area contributed by atoms with E-state index in [1.165, 1.54) is 16.0 Å². The summed E-state index contributed by atoms with van der Waals surface area (Å²) in [5.41, 5.74) is 2.47. The molecule has 1 N–H and O–H groups in total. The predicted octanol–water partition coefficient (Wildman–Crippen LogP) is 3.68. The Morgan fingerprint density at radius 3 is 2.67 bits per heavy atom. The van der Waals surface area contributed by atoms with Crippen molar-refractivity contribution in [2.75, 3.05) is 5.75 Å². The third kappa shape index (κ3) is 1.99. The van der Waals surface area contributed by atoms with E-state index < -0.39 is 0 Å². The first-order valence-electron chi connectivity index (χ1n) is 7.36. The maximum absolute atomic E-state index is 12.2. The van der Waals surface area contributed by atoms with Crippen molar-refractivity contribution >= 4 is 17.7 Å². The molecular formula is C18H17NOS. The standard InChI is InChI=1S/C18H17NOS/c20-16-12-18(17(19-16)13-6-2-1-3-7-13)10-11-21-15-9-5-4-8-14(15)18/h1-9,17H,10-12H2,(H,19,20). The average Bonchev–Trinajstić information content (AvgIpc) is 2.86. The second kappa shape index (κ2) is 4.92. The molecular weight excluding hydrogens is 278 g/mol. The van der Waals surface area contributed by atoms with Crippen LogP contribution in [0.3, 0.4) is 0 Å². The lowest BCUT2D eigenvalue weighted by Gasteiger charge is -2.39. The Balaban J connectivity index is 1.88. The second-order valence-corrected chi connectivity index (χ2v) is 6.98. The molecule has 2 atom stereocenters. The average molecular weight is 295 g/mol. The quantitative estimate of drug-likeness (QED) is 0.869. The highest BCUT2D eigenvalue weighted by Crippen LogP contribution is 2.53. The van der Waals surface area contributed by atoms with Gasteiger partial charge in [0.05, 0.1) is 6.04 Å². The van der Waals surface area contributed by atoms with Crippen LogP contribution in [0.2, 0.25) is 0 Å². The number of hydrogen-bond acceptors (Lipinski definition) is 2. The van der Waals surface area contributed by atoms with Crippen molar-refractivity contribution in [3.8, 4) is 0 Å². The van der Waals surface area contributed by atoms with Gasteiger partial charge in [-0.2, -0.15) is 0 Å². The largest absolute Gasteiger partial charge is 0.348 e. The molecule has 4 rings (SSSR count). The number of thioether (sulfide) groups is 1. The first-order chi connectivity index (χ1) is 10.3. The van der Waals surface area contributed by atoms with Gasteiger partial charge in [-0.05, 0) is 29.4 Å². The molecule has 1 spiro atoms. The Hall–Kier alpha value is -1.74. The van der Waals surface area contributed by atoms with Gasteiger partial charge in [-0.1, -0.05) is 48.5 Å². The second-order valence-electron chi connectivity index (χ2n) is 5.84. The van der Waals surface area contributed by atoms with Crippen molar-refractivity contribution < 1.29 is 4.79 Å². The fourth-order valence-electron chi connectivity index (χ4n) is 3.75. The third-order valence-electron chi connectivity index (χ3n) is 4.70. The highest BCUT2D eigenvalue weighted by molar-refractivity contribution is 7.99.